The maximum Gasteiger partial charge on any atom is 0.107 e. The van der Waals surface area contributed by atoms with Crippen molar-refractivity contribution in [2.75, 3.05) is 0 Å². The quantitative estimate of drug-likeness (QED) is 0.868. The van der Waals surface area contributed by atoms with E-state index in [1.807, 2.05) is 0 Å². The largest absolute Gasteiger partial charge is 0.308 e. The van der Waals surface area contributed by atoms with Crippen LogP contribution in [0.3, 0.4) is 0 Å². The topological polar surface area (TPSA) is 24.9 Å². The molecule has 0 radical (unpaired) electrons. The number of hydrogen-bond donors (Lipinski definition) is 1. The van der Waals surface area contributed by atoms with Crippen LogP contribution in [0.15, 0.2) is 5.38 Å². The lowest BCUT2D eigenvalue weighted by Crippen LogP contribution is -2.34. The Morgan fingerprint density at radius 1 is 1.44 bits per heavy atom. The Morgan fingerprint density at radius 3 is 2.81 bits per heavy atom. The minimum absolute atomic E-state index is 0.643. The third-order valence-corrected chi connectivity index (χ3v) is 4.57. The molecule has 1 heterocycles. The van der Waals surface area contributed by atoms with Gasteiger partial charge in [-0.25, -0.2) is 4.98 Å². The summed E-state index contributed by atoms with van der Waals surface area (Å²) in [7, 11) is 0. The Bertz CT molecular complexity index is 315. The second-order valence-electron chi connectivity index (χ2n) is 4.95. The van der Waals surface area contributed by atoms with Crippen LogP contribution in [-0.4, -0.2) is 11.0 Å². The third kappa shape index (κ3) is 3.29. The van der Waals surface area contributed by atoms with E-state index in [9.17, 15) is 0 Å². The molecule has 1 N–H and O–H groups in total. The maximum atomic E-state index is 4.48. The lowest BCUT2D eigenvalue weighted by molar-refractivity contribution is 0.280. The van der Waals surface area contributed by atoms with Crippen molar-refractivity contribution in [2.24, 2.45) is 5.92 Å². The van der Waals surface area contributed by atoms with Gasteiger partial charge in [0.05, 0.1) is 0 Å². The van der Waals surface area contributed by atoms with E-state index in [2.05, 4.69) is 29.5 Å². The Morgan fingerprint density at radius 2 is 2.19 bits per heavy atom. The van der Waals surface area contributed by atoms with Crippen LogP contribution in [0.5, 0.6) is 0 Å². The van der Waals surface area contributed by atoms with Crippen LogP contribution in [-0.2, 0) is 6.54 Å². The summed E-state index contributed by atoms with van der Waals surface area (Å²) in [6.07, 6.45) is 7.10. The Balaban J connectivity index is 1.76. The van der Waals surface area contributed by atoms with E-state index in [0.29, 0.717) is 6.04 Å². The van der Waals surface area contributed by atoms with Gasteiger partial charge in [-0.15, -0.1) is 11.3 Å². The number of nitrogens with one attached hydrogen (secondary N) is 1. The molecule has 1 atom stereocenters. The van der Waals surface area contributed by atoms with Gasteiger partial charge in [0.2, 0.25) is 0 Å². The van der Waals surface area contributed by atoms with Gasteiger partial charge in [0, 0.05) is 23.7 Å². The SMILES string of the molecule is Cc1csc(CN[C@@H](C)C2CCCCC2)n1. The number of aryl methyl sites for hydroxylation is 1. The summed E-state index contributed by atoms with van der Waals surface area (Å²) >= 11 is 1.76. The van der Waals surface area contributed by atoms with Gasteiger partial charge in [-0.3, -0.25) is 0 Å². The fraction of sp³-hybridized carbons (Fsp3) is 0.769. The molecular weight excluding hydrogens is 216 g/mol. The van der Waals surface area contributed by atoms with Crippen molar-refractivity contribution >= 4 is 11.3 Å². The van der Waals surface area contributed by atoms with E-state index in [1.165, 1.54) is 37.1 Å². The molecule has 1 saturated carbocycles. The summed E-state index contributed by atoms with van der Waals surface area (Å²) in [5.74, 6) is 0.884. The Hall–Kier alpha value is -0.410. The number of hydrogen-bond acceptors (Lipinski definition) is 3. The van der Waals surface area contributed by atoms with E-state index in [-0.39, 0.29) is 0 Å². The van der Waals surface area contributed by atoms with Crippen molar-refractivity contribution in [3.8, 4) is 0 Å². The number of thiazole rings is 1. The fourth-order valence-electron chi connectivity index (χ4n) is 2.53. The van der Waals surface area contributed by atoms with Gasteiger partial charge < -0.3 is 5.32 Å². The average molecular weight is 238 g/mol. The summed E-state index contributed by atoms with van der Waals surface area (Å²) in [5, 5.41) is 6.98. The van der Waals surface area contributed by atoms with Crippen molar-refractivity contribution in [3.63, 3.8) is 0 Å². The van der Waals surface area contributed by atoms with Gasteiger partial charge in [-0.1, -0.05) is 19.3 Å². The lowest BCUT2D eigenvalue weighted by atomic mass is 9.84. The molecule has 1 aliphatic carbocycles. The predicted molar refractivity (Wildman–Crippen MR) is 69.7 cm³/mol. The normalized spacial score (nSPS) is 19.9. The molecule has 16 heavy (non-hydrogen) atoms. The van der Waals surface area contributed by atoms with Crippen LogP contribution < -0.4 is 5.32 Å². The number of rotatable bonds is 4. The molecule has 0 unspecified atom stereocenters. The molecule has 0 amide bonds. The van der Waals surface area contributed by atoms with Gasteiger partial charge in [0.15, 0.2) is 0 Å². The highest BCUT2D eigenvalue weighted by molar-refractivity contribution is 7.09. The predicted octanol–water partition coefficient (Wildman–Crippen LogP) is 3.51. The summed E-state index contributed by atoms with van der Waals surface area (Å²) in [6.45, 7) is 5.33. The van der Waals surface area contributed by atoms with Gasteiger partial charge in [0.1, 0.15) is 5.01 Å². The van der Waals surface area contributed by atoms with E-state index >= 15 is 0 Å². The first kappa shape index (κ1) is 12.1. The van der Waals surface area contributed by atoms with Crippen LogP contribution in [0.2, 0.25) is 0 Å². The fourth-order valence-corrected chi connectivity index (χ4v) is 3.26. The molecule has 1 aromatic heterocycles. The minimum Gasteiger partial charge on any atom is -0.308 e. The smallest absolute Gasteiger partial charge is 0.107 e. The van der Waals surface area contributed by atoms with Crippen LogP contribution >= 0.6 is 11.3 Å². The minimum atomic E-state index is 0.643. The molecule has 2 nitrogen and oxygen atoms in total. The highest BCUT2D eigenvalue weighted by atomic mass is 32.1. The lowest BCUT2D eigenvalue weighted by Gasteiger charge is -2.28. The van der Waals surface area contributed by atoms with Crippen LogP contribution in [0.1, 0.15) is 49.7 Å². The van der Waals surface area contributed by atoms with E-state index in [4.69, 9.17) is 0 Å². The molecule has 1 fully saturated rings. The van der Waals surface area contributed by atoms with Crippen molar-refractivity contribution < 1.29 is 0 Å². The zero-order valence-corrected chi connectivity index (χ0v) is 11.1. The Labute approximate surface area is 102 Å². The first-order valence-corrected chi connectivity index (χ1v) is 7.28. The van der Waals surface area contributed by atoms with E-state index in [1.54, 1.807) is 11.3 Å². The first-order valence-electron chi connectivity index (χ1n) is 6.40. The molecule has 3 heteroatoms. The molecule has 0 bridgehead atoms. The molecule has 2 rings (SSSR count). The van der Waals surface area contributed by atoms with Crippen LogP contribution in [0.25, 0.3) is 0 Å². The molecule has 0 aromatic carbocycles. The van der Waals surface area contributed by atoms with E-state index in [0.717, 1.165) is 18.2 Å². The maximum absolute atomic E-state index is 4.48. The second kappa shape index (κ2) is 5.78. The highest BCUT2D eigenvalue weighted by Crippen LogP contribution is 2.26. The monoisotopic (exact) mass is 238 g/mol. The van der Waals surface area contributed by atoms with Gasteiger partial charge >= 0.3 is 0 Å². The van der Waals surface area contributed by atoms with Crippen molar-refractivity contribution in [1.29, 1.82) is 0 Å². The molecule has 1 aromatic rings. The van der Waals surface area contributed by atoms with Crippen molar-refractivity contribution in [2.45, 2.75) is 58.5 Å². The second-order valence-corrected chi connectivity index (χ2v) is 5.89. The Kier molecular flexibility index (Phi) is 4.36. The standard InChI is InChI=1S/C13H22N2S/c1-10-9-16-13(15-10)8-14-11(2)12-6-4-3-5-7-12/h9,11-12,14H,3-8H2,1-2H3/t11-/m0/s1. The average Bonchev–Trinajstić information content (AvgIpc) is 2.73. The van der Waals surface area contributed by atoms with Crippen molar-refractivity contribution in [1.82, 2.24) is 10.3 Å². The van der Waals surface area contributed by atoms with Gasteiger partial charge in [-0.2, -0.15) is 0 Å². The number of nitrogens with zero attached hydrogens (tertiary/aromatic N) is 1. The summed E-state index contributed by atoms with van der Waals surface area (Å²) in [4.78, 5) is 4.48. The molecule has 90 valence electrons. The van der Waals surface area contributed by atoms with Crippen LogP contribution in [0, 0.1) is 12.8 Å². The van der Waals surface area contributed by atoms with Gasteiger partial charge in [-0.05, 0) is 32.6 Å². The highest BCUT2D eigenvalue weighted by Gasteiger charge is 2.19. The van der Waals surface area contributed by atoms with Crippen molar-refractivity contribution in [3.05, 3.63) is 16.1 Å². The summed E-state index contributed by atoms with van der Waals surface area (Å²) in [5.41, 5.74) is 1.15. The van der Waals surface area contributed by atoms with Crippen LogP contribution in [0.4, 0.5) is 0 Å². The first-order chi connectivity index (χ1) is 7.75. The molecule has 0 spiro atoms. The molecular formula is C13H22N2S. The summed E-state index contributed by atoms with van der Waals surface area (Å²) in [6, 6.07) is 0.643. The molecule has 1 aliphatic rings. The summed E-state index contributed by atoms with van der Waals surface area (Å²) < 4.78 is 0. The molecule has 0 aliphatic heterocycles. The zero-order chi connectivity index (χ0) is 11.4. The molecule has 0 saturated heterocycles. The number of aromatic nitrogens is 1. The van der Waals surface area contributed by atoms with Gasteiger partial charge in [0.25, 0.3) is 0 Å². The zero-order valence-electron chi connectivity index (χ0n) is 10.3. The third-order valence-electron chi connectivity index (χ3n) is 3.60. The van der Waals surface area contributed by atoms with E-state index < -0.39 is 0 Å².